The van der Waals surface area contributed by atoms with Crippen molar-refractivity contribution in [2.24, 2.45) is 0 Å². The van der Waals surface area contributed by atoms with Crippen LogP contribution in [0.2, 0.25) is 0 Å². The fourth-order valence-corrected chi connectivity index (χ4v) is 8.36. The van der Waals surface area contributed by atoms with E-state index in [0.717, 1.165) is 36.0 Å². The summed E-state index contributed by atoms with van der Waals surface area (Å²) in [6, 6.07) is 1.97. The van der Waals surface area contributed by atoms with E-state index in [0.29, 0.717) is 13.0 Å². The van der Waals surface area contributed by atoms with Crippen molar-refractivity contribution in [1.82, 2.24) is 24.8 Å². The minimum atomic E-state index is -5.25. The van der Waals surface area contributed by atoms with Crippen LogP contribution in [0, 0.1) is 11.6 Å². The zero-order valence-corrected chi connectivity index (χ0v) is 27.9. The number of carbonyl (C=O) groups is 1. The fourth-order valence-electron chi connectivity index (χ4n) is 7.59. The third-order valence-corrected chi connectivity index (χ3v) is 10.7. The number of ether oxygens (including phenoxy) is 2. The number of carbonyl (C=O) groups excluding carboxylic acids is 1. The molecule has 3 saturated heterocycles. The molecule has 2 N–H and O–H groups in total. The van der Waals surface area contributed by atoms with Crippen molar-refractivity contribution in [1.29, 1.82) is 0 Å². The SMILES string of the molecule is C=CC(=O)N1C[C@H](C)N(c2nc(OC[C@@]34CCCN3C[C@H](F)C4)nc3c(F)c(-c4ccc(F)c5sc(N)nc45)c(OC(F)(F)F)cc23)C[C@H]1C. The van der Waals surface area contributed by atoms with Crippen LogP contribution in [0.5, 0.6) is 11.8 Å². The molecule has 5 heterocycles. The molecule has 0 saturated carbocycles. The van der Waals surface area contributed by atoms with Gasteiger partial charge in [0.25, 0.3) is 0 Å². The number of alkyl halides is 4. The number of fused-ring (bicyclic) bond motifs is 3. The van der Waals surface area contributed by atoms with E-state index in [9.17, 15) is 26.7 Å². The summed E-state index contributed by atoms with van der Waals surface area (Å²) < 4.78 is 98.6. The molecule has 2 aromatic carbocycles. The third kappa shape index (κ3) is 5.93. The Morgan fingerprint density at radius 2 is 1.92 bits per heavy atom. The molecule has 7 rings (SSSR count). The van der Waals surface area contributed by atoms with Crippen molar-refractivity contribution < 1.29 is 40.6 Å². The molecule has 3 aliphatic heterocycles. The van der Waals surface area contributed by atoms with Crippen molar-refractivity contribution in [2.75, 3.05) is 43.4 Å². The molecule has 0 unspecified atom stereocenters. The number of piperazine rings is 1. The van der Waals surface area contributed by atoms with Gasteiger partial charge in [-0.15, -0.1) is 13.2 Å². The summed E-state index contributed by atoms with van der Waals surface area (Å²) >= 11 is 0.759. The van der Waals surface area contributed by atoms with E-state index >= 15 is 4.39 Å². The number of aromatic nitrogens is 3. The number of amides is 1. The first-order valence-electron chi connectivity index (χ1n) is 16.0. The minimum absolute atomic E-state index is 0.00632. The molecule has 266 valence electrons. The Labute approximate surface area is 286 Å². The number of nitrogens with two attached hydrogens (primary N) is 1. The van der Waals surface area contributed by atoms with E-state index in [1.165, 1.54) is 6.08 Å². The average molecular weight is 722 g/mol. The number of hydrogen-bond acceptors (Lipinski definition) is 10. The lowest BCUT2D eigenvalue weighted by Gasteiger charge is -2.44. The van der Waals surface area contributed by atoms with Crippen molar-refractivity contribution in [3.8, 4) is 22.9 Å². The van der Waals surface area contributed by atoms with Crippen LogP contribution in [0.25, 0.3) is 32.2 Å². The summed E-state index contributed by atoms with van der Waals surface area (Å²) in [7, 11) is 0. The number of anilines is 2. The van der Waals surface area contributed by atoms with Crippen LogP contribution in [0.15, 0.2) is 30.9 Å². The van der Waals surface area contributed by atoms with E-state index < -0.39 is 58.6 Å². The second-order valence-corrected chi connectivity index (χ2v) is 14.1. The Bertz CT molecular complexity index is 2010. The first-order chi connectivity index (χ1) is 23.7. The zero-order valence-electron chi connectivity index (χ0n) is 27.1. The topological polar surface area (TPSA) is 110 Å². The van der Waals surface area contributed by atoms with Crippen molar-refractivity contribution in [3.63, 3.8) is 0 Å². The van der Waals surface area contributed by atoms with Crippen LogP contribution in [0.4, 0.5) is 37.3 Å². The lowest BCUT2D eigenvalue weighted by molar-refractivity contribution is -0.274. The van der Waals surface area contributed by atoms with Crippen LogP contribution in [0.3, 0.4) is 0 Å². The van der Waals surface area contributed by atoms with Crippen molar-refractivity contribution in [3.05, 3.63) is 42.5 Å². The summed E-state index contributed by atoms with van der Waals surface area (Å²) in [4.78, 5) is 31.0. The van der Waals surface area contributed by atoms with E-state index in [-0.39, 0.29) is 76.7 Å². The summed E-state index contributed by atoms with van der Waals surface area (Å²) in [5.74, 6) is -3.14. The van der Waals surface area contributed by atoms with Gasteiger partial charge < -0.3 is 25.0 Å². The molecular formula is C33H33F6N7O3S. The number of nitrogens with zero attached hydrogens (tertiary/aromatic N) is 6. The highest BCUT2D eigenvalue weighted by atomic mass is 32.1. The van der Waals surface area contributed by atoms with E-state index in [1.807, 2.05) is 4.90 Å². The number of halogens is 6. The second-order valence-electron chi connectivity index (χ2n) is 13.1. The van der Waals surface area contributed by atoms with Gasteiger partial charge in [-0.1, -0.05) is 17.9 Å². The Balaban J connectivity index is 1.42. The summed E-state index contributed by atoms with van der Waals surface area (Å²) in [6.07, 6.45) is -3.33. The number of rotatable bonds is 7. The highest BCUT2D eigenvalue weighted by Crippen LogP contribution is 2.46. The standard InChI is InChI=1S/C33H33F6N7O3S/c1-4-23(47)45-12-17(3)46(13-16(45)2)29-20-10-22(49-33(37,38)39)24(19-6-7-21(35)28-27(19)41-30(40)50-28)25(36)26(20)42-31(43-29)48-15-32-8-5-9-44(32)14-18(34)11-32/h4,6-7,10,16-18H,1,5,8-9,11-15H2,2-3H3,(H2,40,41)/t16-,17+,18-,32+/m1/s1. The first kappa shape index (κ1) is 34.1. The largest absolute Gasteiger partial charge is 0.573 e. The van der Waals surface area contributed by atoms with E-state index in [1.54, 1.807) is 23.6 Å². The molecule has 0 spiro atoms. The number of nitrogen functional groups attached to an aromatic ring is 1. The molecule has 10 nitrogen and oxygen atoms in total. The molecule has 50 heavy (non-hydrogen) atoms. The second kappa shape index (κ2) is 12.4. The number of benzene rings is 2. The highest BCUT2D eigenvalue weighted by molar-refractivity contribution is 7.22. The molecule has 1 amide bonds. The smallest absolute Gasteiger partial charge is 0.461 e. The van der Waals surface area contributed by atoms with Gasteiger partial charge in [-0.25, -0.2) is 18.2 Å². The molecule has 4 aromatic rings. The van der Waals surface area contributed by atoms with Gasteiger partial charge in [0.1, 0.15) is 35.7 Å². The van der Waals surface area contributed by atoms with Gasteiger partial charge in [-0.2, -0.15) is 9.97 Å². The molecule has 17 heteroatoms. The monoisotopic (exact) mass is 721 g/mol. The van der Waals surface area contributed by atoms with Crippen molar-refractivity contribution in [2.45, 2.75) is 63.3 Å². The van der Waals surface area contributed by atoms with Gasteiger partial charge in [-0.05, 0) is 57.5 Å². The fraction of sp³-hybridized carbons (Fsp3) is 0.455. The van der Waals surface area contributed by atoms with Crippen LogP contribution >= 0.6 is 11.3 Å². The summed E-state index contributed by atoms with van der Waals surface area (Å²) in [5.41, 5.74) is 3.81. The Hall–Kier alpha value is -4.38. The summed E-state index contributed by atoms with van der Waals surface area (Å²) in [5, 5.41) is -0.201. The molecule has 3 aliphatic rings. The quantitative estimate of drug-likeness (QED) is 0.176. The predicted octanol–water partition coefficient (Wildman–Crippen LogP) is 6.23. The minimum Gasteiger partial charge on any atom is -0.461 e. The Morgan fingerprint density at radius 3 is 2.66 bits per heavy atom. The van der Waals surface area contributed by atoms with E-state index in [2.05, 4.69) is 26.3 Å². The van der Waals surface area contributed by atoms with Crippen LogP contribution < -0.4 is 20.1 Å². The third-order valence-electron chi connectivity index (χ3n) is 9.81. The predicted molar refractivity (Wildman–Crippen MR) is 176 cm³/mol. The van der Waals surface area contributed by atoms with Gasteiger partial charge >= 0.3 is 12.4 Å². The van der Waals surface area contributed by atoms with Gasteiger partial charge in [0, 0.05) is 49.1 Å². The van der Waals surface area contributed by atoms with Crippen LogP contribution in [0.1, 0.15) is 33.1 Å². The van der Waals surface area contributed by atoms with Crippen molar-refractivity contribution >= 4 is 49.3 Å². The molecule has 4 atom stereocenters. The molecule has 3 fully saturated rings. The summed E-state index contributed by atoms with van der Waals surface area (Å²) in [6.45, 7) is 8.49. The van der Waals surface area contributed by atoms with Gasteiger partial charge in [0.05, 0.1) is 21.3 Å². The number of hydrogen-bond donors (Lipinski definition) is 1. The Morgan fingerprint density at radius 1 is 1.14 bits per heavy atom. The van der Waals surface area contributed by atoms with Gasteiger partial charge in [0.15, 0.2) is 10.9 Å². The van der Waals surface area contributed by atoms with Gasteiger partial charge in [0.2, 0.25) is 5.91 Å². The first-order valence-corrected chi connectivity index (χ1v) is 16.9. The lowest BCUT2D eigenvalue weighted by Crippen LogP contribution is -2.58. The number of thiazole rings is 1. The van der Waals surface area contributed by atoms with Crippen LogP contribution in [-0.4, -0.2) is 93.6 Å². The van der Waals surface area contributed by atoms with Crippen LogP contribution in [-0.2, 0) is 4.79 Å². The highest BCUT2D eigenvalue weighted by Gasteiger charge is 2.49. The molecule has 0 bridgehead atoms. The molecule has 0 aliphatic carbocycles. The average Bonchev–Trinajstić information content (AvgIpc) is 3.72. The lowest BCUT2D eigenvalue weighted by atomic mass is 9.95. The molecular weight excluding hydrogens is 688 g/mol. The maximum atomic E-state index is 17.1. The normalized spacial score (nSPS) is 24.3. The molecule has 2 aromatic heterocycles. The zero-order chi connectivity index (χ0) is 35.7. The molecule has 0 radical (unpaired) electrons. The maximum Gasteiger partial charge on any atom is 0.573 e. The maximum absolute atomic E-state index is 17.1. The van der Waals surface area contributed by atoms with E-state index in [4.69, 9.17) is 10.5 Å². The van der Waals surface area contributed by atoms with Gasteiger partial charge in [-0.3, -0.25) is 9.69 Å². The Kier molecular flexibility index (Phi) is 8.48.